The van der Waals surface area contributed by atoms with Crippen molar-refractivity contribution in [1.82, 2.24) is 0 Å². The minimum absolute atomic E-state index is 0.263. The highest BCUT2D eigenvalue weighted by Gasteiger charge is 2.20. The standard InChI is InChI=1S/C11H15FN2/c12-10-7-9(13)3-4-11(10)14-6-5-8-1-2-8/h3-4,7-8,14H,1-2,5-6,13H2. The van der Waals surface area contributed by atoms with Gasteiger partial charge >= 0.3 is 0 Å². The summed E-state index contributed by atoms with van der Waals surface area (Å²) in [7, 11) is 0. The molecule has 1 saturated carbocycles. The molecule has 0 aromatic heterocycles. The smallest absolute Gasteiger partial charge is 0.148 e. The quantitative estimate of drug-likeness (QED) is 0.723. The Morgan fingerprint density at radius 3 is 2.86 bits per heavy atom. The molecule has 76 valence electrons. The minimum atomic E-state index is -0.263. The van der Waals surface area contributed by atoms with E-state index in [1.807, 2.05) is 0 Å². The first-order chi connectivity index (χ1) is 6.75. The molecule has 14 heavy (non-hydrogen) atoms. The number of anilines is 2. The Hall–Kier alpha value is -1.25. The molecular formula is C11H15FN2. The van der Waals surface area contributed by atoms with Crippen LogP contribution in [0, 0.1) is 11.7 Å². The van der Waals surface area contributed by atoms with E-state index in [0.717, 1.165) is 18.9 Å². The number of nitrogens with two attached hydrogens (primary N) is 1. The average Bonchev–Trinajstić information content (AvgIpc) is 2.92. The van der Waals surface area contributed by atoms with E-state index in [4.69, 9.17) is 5.73 Å². The van der Waals surface area contributed by atoms with Crippen LogP contribution in [0.4, 0.5) is 15.8 Å². The van der Waals surface area contributed by atoms with Gasteiger partial charge in [-0.05, 0) is 30.5 Å². The van der Waals surface area contributed by atoms with Crippen LogP contribution in [0.2, 0.25) is 0 Å². The zero-order chi connectivity index (χ0) is 9.97. The van der Waals surface area contributed by atoms with Crippen molar-refractivity contribution in [2.45, 2.75) is 19.3 Å². The predicted octanol–water partition coefficient (Wildman–Crippen LogP) is 2.62. The zero-order valence-electron chi connectivity index (χ0n) is 8.09. The molecule has 3 heteroatoms. The molecule has 1 fully saturated rings. The van der Waals surface area contributed by atoms with Gasteiger partial charge < -0.3 is 11.1 Å². The number of benzene rings is 1. The van der Waals surface area contributed by atoms with Gasteiger partial charge in [-0.15, -0.1) is 0 Å². The largest absolute Gasteiger partial charge is 0.399 e. The third-order valence-electron chi connectivity index (χ3n) is 2.56. The second-order valence-corrected chi connectivity index (χ2v) is 3.90. The summed E-state index contributed by atoms with van der Waals surface area (Å²) in [5.41, 5.74) is 6.47. The first-order valence-electron chi connectivity index (χ1n) is 5.04. The molecule has 2 rings (SSSR count). The number of hydrogen-bond acceptors (Lipinski definition) is 2. The molecule has 0 aliphatic heterocycles. The summed E-state index contributed by atoms with van der Waals surface area (Å²) in [6.45, 7) is 0.853. The van der Waals surface area contributed by atoms with Crippen molar-refractivity contribution >= 4 is 11.4 Å². The molecule has 1 aromatic rings. The first-order valence-corrected chi connectivity index (χ1v) is 5.04. The normalized spacial score (nSPS) is 15.5. The Morgan fingerprint density at radius 1 is 1.43 bits per heavy atom. The lowest BCUT2D eigenvalue weighted by Gasteiger charge is -2.07. The van der Waals surface area contributed by atoms with Crippen LogP contribution in [-0.2, 0) is 0 Å². The molecule has 3 N–H and O–H groups in total. The van der Waals surface area contributed by atoms with Crippen molar-refractivity contribution in [2.24, 2.45) is 5.92 Å². The molecular weight excluding hydrogens is 179 g/mol. The van der Waals surface area contributed by atoms with E-state index in [-0.39, 0.29) is 5.82 Å². The SMILES string of the molecule is Nc1ccc(NCCC2CC2)c(F)c1. The molecule has 1 aliphatic rings. The number of hydrogen-bond donors (Lipinski definition) is 2. The van der Waals surface area contributed by atoms with E-state index in [1.165, 1.54) is 18.9 Å². The van der Waals surface area contributed by atoms with Gasteiger partial charge in [-0.3, -0.25) is 0 Å². The van der Waals surface area contributed by atoms with Crippen molar-refractivity contribution in [3.05, 3.63) is 24.0 Å². The molecule has 0 heterocycles. The van der Waals surface area contributed by atoms with Gasteiger partial charge in [0.25, 0.3) is 0 Å². The molecule has 1 aromatic carbocycles. The van der Waals surface area contributed by atoms with Crippen LogP contribution < -0.4 is 11.1 Å². The molecule has 0 radical (unpaired) electrons. The highest BCUT2D eigenvalue weighted by Crippen LogP contribution is 2.32. The Kier molecular flexibility index (Phi) is 2.57. The highest BCUT2D eigenvalue weighted by atomic mass is 19.1. The number of rotatable bonds is 4. The highest BCUT2D eigenvalue weighted by molar-refractivity contribution is 5.52. The summed E-state index contributed by atoms with van der Waals surface area (Å²) in [4.78, 5) is 0. The van der Waals surface area contributed by atoms with Crippen LogP contribution in [0.1, 0.15) is 19.3 Å². The summed E-state index contributed by atoms with van der Waals surface area (Å²) >= 11 is 0. The van der Waals surface area contributed by atoms with Crippen LogP contribution in [-0.4, -0.2) is 6.54 Å². The van der Waals surface area contributed by atoms with Gasteiger partial charge in [0.2, 0.25) is 0 Å². The van der Waals surface area contributed by atoms with Gasteiger partial charge in [0, 0.05) is 12.2 Å². The van der Waals surface area contributed by atoms with E-state index < -0.39 is 0 Å². The topological polar surface area (TPSA) is 38.0 Å². The molecule has 0 spiro atoms. The van der Waals surface area contributed by atoms with E-state index in [2.05, 4.69) is 5.32 Å². The lowest BCUT2D eigenvalue weighted by molar-refractivity contribution is 0.629. The van der Waals surface area contributed by atoms with Crippen LogP contribution >= 0.6 is 0 Å². The van der Waals surface area contributed by atoms with Crippen molar-refractivity contribution in [1.29, 1.82) is 0 Å². The van der Waals surface area contributed by atoms with Crippen molar-refractivity contribution in [2.75, 3.05) is 17.6 Å². The van der Waals surface area contributed by atoms with Crippen molar-refractivity contribution < 1.29 is 4.39 Å². The summed E-state index contributed by atoms with van der Waals surface area (Å²) in [6, 6.07) is 4.75. The Labute approximate surface area is 83.3 Å². The molecule has 0 saturated heterocycles. The van der Waals surface area contributed by atoms with Gasteiger partial charge in [-0.1, -0.05) is 12.8 Å². The molecule has 0 amide bonds. The zero-order valence-corrected chi connectivity index (χ0v) is 8.09. The van der Waals surface area contributed by atoms with Gasteiger partial charge in [-0.2, -0.15) is 0 Å². The summed E-state index contributed by atoms with van der Waals surface area (Å²) in [6.07, 6.45) is 3.82. The molecule has 1 aliphatic carbocycles. The van der Waals surface area contributed by atoms with Crippen LogP contribution in [0.15, 0.2) is 18.2 Å². The molecule has 0 unspecified atom stereocenters. The third kappa shape index (κ3) is 2.37. The molecule has 0 bridgehead atoms. The van der Waals surface area contributed by atoms with Crippen LogP contribution in [0.25, 0.3) is 0 Å². The fourth-order valence-electron chi connectivity index (χ4n) is 1.49. The maximum Gasteiger partial charge on any atom is 0.148 e. The molecule has 0 atom stereocenters. The fraction of sp³-hybridized carbons (Fsp3) is 0.455. The summed E-state index contributed by atoms with van der Waals surface area (Å²) in [5, 5.41) is 3.08. The van der Waals surface area contributed by atoms with Gasteiger partial charge in [-0.25, -0.2) is 4.39 Å². The van der Waals surface area contributed by atoms with Crippen LogP contribution in [0.3, 0.4) is 0 Å². The summed E-state index contributed by atoms with van der Waals surface area (Å²) in [5.74, 6) is 0.611. The van der Waals surface area contributed by atoms with E-state index in [0.29, 0.717) is 11.4 Å². The molecule has 2 nitrogen and oxygen atoms in total. The van der Waals surface area contributed by atoms with Crippen LogP contribution in [0.5, 0.6) is 0 Å². The van der Waals surface area contributed by atoms with E-state index in [1.54, 1.807) is 12.1 Å². The maximum atomic E-state index is 13.2. The third-order valence-corrected chi connectivity index (χ3v) is 2.56. The maximum absolute atomic E-state index is 13.2. The van der Waals surface area contributed by atoms with E-state index >= 15 is 0 Å². The second-order valence-electron chi connectivity index (χ2n) is 3.90. The Balaban J connectivity index is 1.87. The minimum Gasteiger partial charge on any atom is -0.399 e. The van der Waals surface area contributed by atoms with E-state index in [9.17, 15) is 4.39 Å². The fourth-order valence-corrected chi connectivity index (χ4v) is 1.49. The second kappa shape index (κ2) is 3.86. The lowest BCUT2D eigenvalue weighted by Crippen LogP contribution is -2.04. The van der Waals surface area contributed by atoms with Gasteiger partial charge in [0.1, 0.15) is 5.82 Å². The number of nitrogen functional groups attached to an aromatic ring is 1. The first kappa shape index (κ1) is 9.31. The Bertz CT molecular complexity index is 321. The summed E-state index contributed by atoms with van der Waals surface area (Å²) < 4.78 is 13.2. The lowest BCUT2D eigenvalue weighted by atomic mass is 10.2. The predicted molar refractivity (Wildman–Crippen MR) is 56.6 cm³/mol. The average molecular weight is 194 g/mol. The number of nitrogens with one attached hydrogen (secondary N) is 1. The Morgan fingerprint density at radius 2 is 2.21 bits per heavy atom. The monoisotopic (exact) mass is 194 g/mol. The number of halogens is 1. The van der Waals surface area contributed by atoms with Crippen molar-refractivity contribution in [3.63, 3.8) is 0 Å². The van der Waals surface area contributed by atoms with Gasteiger partial charge in [0.05, 0.1) is 5.69 Å². The van der Waals surface area contributed by atoms with Crippen molar-refractivity contribution in [3.8, 4) is 0 Å². The van der Waals surface area contributed by atoms with Gasteiger partial charge in [0.15, 0.2) is 0 Å².